The highest BCUT2D eigenvalue weighted by molar-refractivity contribution is 9.10. The van der Waals surface area contributed by atoms with E-state index in [0.29, 0.717) is 12.1 Å². The van der Waals surface area contributed by atoms with Gasteiger partial charge < -0.3 is 10.2 Å². The number of rotatable bonds is 4. The predicted octanol–water partition coefficient (Wildman–Crippen LogP) is 4.27. The molecule has 2 aromatic rings. The van der Waals surface area contributed by atoms with Gasteiger partial charge in [-0.25, -0.2) is 4.39 Å². The third kappa shape index (κ3) is 3.70. The molecule has 0 saturated carbocycles. The van der Waals surface area contributed by atoms with Crippen LogP contribution < -0.4 is 10.2 Å². The SMILES string of the molecule is CN(C)c1ccc(NCc2ccc(Br)cc2F)cc1. The number of hydrogen-bond donors (Lipinski definition) is 1. The van der Waals surface area contributed by atoms with Gasteiger partial charge in [-0.05, 0) is 36.4 Å². The average molecular weight is 323 g/mol. The second-order valence-electron chi connectivity index (χ2n) is 4.53. The lowest BCUT2D eigenvalue weighted by molar-refractivity contribution is 0.612. The van der Waals surface area contributed by atoms with E-state index in [2.05, 4.69) is 21.2 Å². The van der Waals surface area contributed by atoms with E-state index in [1.165, 1.54) is 6.07 Å². The van der Waals surface area contributed by atoms with Crippen molar-refractivity contribution in [3.05, 3.63) is 58.3 Å². The molecule has 0 radical (unpaired) electrons. The van der Waals surface area contributed by atoms with Crippen molar-refractivity contribution >= 4 is 27.3 Å². The molecule has 0 bridgehead atoms. The van der Waals surface area contributed by atoms with Crippen LogP contribution in [0.5, 0.6) is 0 Å². The molecule has 0 aliphatic rings. The maximum atomic E-state index is 13.6. The number of halogens is 2. The molecule has 0 unspecified atom stereocenters. The summed E-state index contributed by atoms with van der Waals surface area (Å²) in [5, 5.41) is 3.21. The van der Waals surface area contributed by atoms with Gasteiger partial charge in [0, 0.05) is 42.1 Å². The zero-order valence-electron chi connectivity index (χ0n) is 11.0. The van der Waals surface area contributed by atoms with Crippen molar-refractivity contribution in [2.75, 3.05) is 24.3 Å². The molecule has 1 N–H and O–H groups in total. The topological polar surface area (TPSA) is 15.3 Å². The molecule has 0 aliphatic carbocycles. The zero-order chi connectivity index (χ0) is 13.8. The molecule has 0 aromatic heterocycles. The van der Waals surface area contributed by atoms with Gasteiger partial charge in [-0.2, -0.15) is 0 Å². The first kappa shape index (κ1) is 13.9. The van der Waals surface area contributed by atoms with Crippen molar-refractivity contribution in [1.29, 1.82) is 0 Å². The Bertz CT molecular complexity index is 553. The summed E-state index contributed by atoms with van der Waals surface area (Å²) in [7, 11) is 4.00. The number of hydrogen-bond acceptors (Lipinski definition) is 2. The van der Waals surface area contributed by atoms with E-state index >= 15 is 0 Å². The molecular formula is C15H16BrFN2. The van der Waals surface area contributed by atoms with Crippen molar-refractivity contribution < 1.29 is 4.39 Å². The monoisotopic (exact) mass is 322 g/mol. The first-order valence-corrected chi connectivity index (χ1v) is 6.81. The van der Waals surface area contributed by atoms with Gasteiger partial charge in [0.1, 0.15) is 5.82 Å². The van der Waals surface area contributed by atoms with Crippen LogP contribution in [0, 0.1) is 5.82 Å². The van der Waals surface area contributed by atoms with Gasteiger partial charge in [0.25, 0.3) is 0 Å². The van der Waals surface area contributed by atoms with Gasteiger partial charge in [-0.3, -0.25) is 0 Å². The lowest BCUT2D eigenvalue weighted by Gasteiger charge is -2.13. The summed E-state index contributed by atoms with van der Waals surface area (Å²) in [6.45, 7) is 0.473. The zero-order valence-corrected chi connectivity index (χ0v) is 12.5. The molecular weight excluding hydrogens is 307 g/mol. The van der Waals surface area contributed by atoms with E-state index in [1.54, 1.807) is 6.07 Å². The highest BCUT2D eigenvalue weighted by atomic mass is 79.9. The van der Waals surface area contributed by atoms with E-state index in [1.807, 2.05) is 49.3 Å². The summed E-state index contributed by atoms with van der Waals surface area (Å²) in [6, 6.07) is 13.1. The van der Waals surface area contributed by atoms with E-state index in [9.17, 15) is 4.39 Å². The minimum Gasteiger partial charge on any atom is -0.381 e. The lowest BCUT2D eigenvalue weighted by Crippen LogP contribution is -2.08. The van der Waals surface area contributed by atoms with Gasteiger partial charge in [0.15, 0.2) is 0 Å². The Morgan fingerprint density at radius 1 is 1.11 bits per heavy atom. The third-order valence-electron chi connectivity index (χ3n) is 2.88. The van der Waals surface area contributed by atoms with Crippen LogP contribution in [0.15, 0.2) is 46.9 Å². The van der Waals surface area contributed by atoms with Crippen LogP contribution in [0.4, 0.5) is 15.8 Å². The maximum Gasteiger partial charge on any atom is 0.129 e. The minimum atomic E-state index is -0.202. The molecule has 0 saturated heterocycles. The van der Waals surface area contributed by atoms with Crippen LogP contribution >= 0.6 is 15.9 Å². The number of anilines is 2. The fraction of sp³-hybridized carbons (Fsp3) is 0.200. The minimum absolute atomic E-state index is 0.202. The van der Waals surface area contributed by atoms with Gasteiger partial charge in [0.05, 0.1) is 0 Å². The molecule has 0 heterocycles. The summed E-state index contributed by atoms with van der Waals surface area (Å²) < 4.78 is 14.4. The van der Waals surface area contributed by atoms with Crippen LogP contribution in [0.3, 0.4) is 0 Å². The maximum absolute atomic E-state index is 13.6. The van der Waals surface area contributed by atoms with E-state index < -0.39 is 0 Å². The van der Waals surface area contributed by atoms with Crippen LogP contribution in [0.1, 0.15) is 5.56 Å². The molecule has 0 spiro atoms. The molecule has 0 atom stereocenters. The Labute approximate surface area is 121 Å². The van der Waals surface area contributed by atoms with Crippen molar-refractivity contribution in [2.45, 2.75) is 6.54 Å². The lowest BCUT2D eigenvalue weighted by atomic mass is 10.2. The molecule has 0 aliphatic heterocycles. The molecule has 4 heteroatoms. The van der Waals surface area contributed by atoms with Crippen molar-refractivity contribution in [2.24, 2.45) is 0 Å². The molecule has 0 amide bonds. The van der Waals surface area contributed by atoms with Gasteiger partial charge in [-0.1, -0.05) is 22.0 Å². The second-order valence-corrected chi connectivity index (χ2v) is 5.45. The largest absolute Gasteiger partial charge is 0.381 e. The van der Waals surface area contributed by atoms with E-state index in [0.717, 1.165) is 15.8 Å². The fourth-order valence-electron chi connectivity index (χ4n) is 1.74. The van der Waals surface area contributed by atoms with Crippen LogP contribution in [-0.2, 0) is 6.54 Å². The normalized spacial score (nSPS) is 10.3. The molecule has 2 aromatic carbocycles. The fourth-order valence-corrected chi connectivity index (χ4v) is 2.07. The number of nitrogens with one attached hydrogen (secondary N) is 1. The Morgan fingerprint density at radius 3 is 2.37 bits per heavy atom. The quantitative estimate of drug-likeness (QED) is 0.904. The average Bonchev–Trinajstić information content (AvgIpc) is 2.38. The summed E-state index contributed by atoms with van der Waals surface area (Å²) >= 11 is 3.25. The number of nitrogens with zero attached hydrogens (tertiary/aromatic N) is 1. The first-order chi connectivity index (χ1) is 9.06. The Morgan fingerprint density at radius 2 is 1.79 bits per heavy atom. The summed E-state index contributed by atoms with van der Waals surface area (Å²) in [6.07, 6.45) is 0. The smallest absolute Gasteiger partial charge is 0.129 e. The highest BCUT2D eigenvalue weighted by Gasteiger charge is 2.02. The third-order valence-corrected chi connectivity index (χ3v) is 3.38. The van der Waals surface area contributed by atoms with Crippen molar-refractivity contribution in [3.63, 3.8) is 0 Å². The van der Waals surface area contributed by atoms with Gasteiger partial charge in [0.2, 0.25) is 0 Å². The highest BCUT2D eigenvalue weighted by Crippen LogP contribution is 2.19. The van der Waals surface area contributed by atoms with Crippen LogP contribution in [0.2, 0.25) is 0 Å². The van der Waals surface area contributed by atoms with Crippen molar-refractivity contribution in [3.8, 4) is 0 Å². The molecule has 2 rings (SSSR count). The molecule has 2 nitrogen and oxygen atoms in total. The number of benzene rings is 2. The van der Waals surface area contributed by atoms with E-state index in [-0.39, 0.29) is 5.82 Å². The second kappa shape index (κ2) is 6.06. The van der Waals surface area contributed by atoms with Crippen LogP contribution in [-0.4, -0.2) is 14.1 Å². The summed E-state index contributed by atoms with van der Waals surface area (Å²) in [5.41, 5.74) is 2.77. The van der Waals surface area contributed by atoms with Gasteiger partial charge in [-0.15, -0.1) is 0 Å². The Balaban J connectivity index is 2.02. The summed E-state index contributed by atoms with van der Waals surface area (Å²) in [5.74, 6) is -0.202. The standard InChI is InChI=1S/C15H16BrFN2/c1-19(2)14-7-5-13(6-8-14)18-10-11-3-4-12(16)9-15(11)17/h3-9,18H,10H2,1-2H3. The Hall–Kier alpha value is -1.55. The molecule has 0 fully saturated rings. The molecule has 100 valence electrons. The predicted molar refractivity (Wildman–Crippen MR) is 82.2 cm³/mol. The van der Waals surface area contributed by atoms with Crippen LogP contribution in [0.25, 0.3) is 0 Å². The van der Waals surface area contributed by atoms with E-state index in [4.69, 9.17) is 0 Å². The first-order valence-electron chi connectivity index (χ1n) is 6.01. The van der Waals surface area contributed by atoms with Gasteiger partial charge >= 0.3 is 0 Å². The summed E-state index contributed by atoms with van der Waals surface area (Å²) in [4.78, 5) is 2.04. The van der Waals surface area contributed by atoms with Crippen molar-refractivity contribution in [1.82, 2.24) is 0 Å². The Kier molecular flexibility index (Phi) is 4.43. The molecule has 19 heavy (non-hydrogen) atoms.